The summed E-state index contributed by atoms with van der Waals surface area (Å²) in [5.41, 5.74) is 6.00. The van der Waals surface area contributed by atoms with Gasteiger partial charge in [-0.25, -0.2) is 0 Å². The molecule has 3 nitrogen and oxygen atoms in total. The number of nitrogens with two attached hydrogens (primary N) is 1. The van der Waals surface area contributed by atoms with Crippen molar-refractivity contribution in [2.24, 2.45) is 5.73 Å². The van der Waals surface area contributed by atoms with Gasteiger partial charge in [0.25, 0.3) is 0 Å². The Morgan fingerprint density at radius 3 is 2.94 bits per heavy atom. The molecule has 1 aromatic rings. The van der Waals surface area contributed by atoms with Crippen LogP contribution in [0.15, 0.2) is 12.1 Å². The van der Waals surface area contributed by atoms with Crippen LogP contribution < -0.4 is 5.73 Å². The minimum absolute atomic E-state index is 0.00194. The minimum atomic E-state index is -0.00194. The van der Waals surface area contributed by atoms with Gasteiger partial charge in [-0.05, 0) is 38.8 Å². The van der Waals surface area contributed by atoms with E-state index in [9.17, 15) is 0 Å². The van der Waals surface area contributed by atoms with Crippen LogP contribution in [0.25, 0.3) is 0 Å². The van der Waals surface area contributed by atoms with Gasteiger partial charge in [0.1, 0.15) is 6.10 Å². The highest BCUT2D eigenvalue weighted by atomic mass is 32.1. The van der Waals surface area contributed by atoms with E-state index in [1.54, 1.807) is 11.3 Å². The molecule has 0 bridgehead atoms. The van der Waals surface area contributed by atoms with Crippen molar-refractivity contribution in [3.63, 3.8) is 0 Å². The number of aryl methyl sites for hydroxylation is 1. The molecule has 0 aliphatic carbocycles. The van der Waals surface area contributed by atoms with Gasteiger partial charge in [-0.2, -0.15) is 0 Å². The van der Waals surface area contributed by atoms with Crippen LogP contribution in [0, 0.1) is 6.92 Å². The van der Waals surface area contributed by atoms with Crippen LogP contribution in [0.3, 0.4) is 0 Å². The highest BCUT2D eigenvalue weighted by Gasteiger charge is 2.22. The second-order valence-corrected chi connectivity index (χ2v) is 6.02. The lowest BCUT2D eigenvalue weighted by atomic mass is 10.1. The topological polar surface area (TPSA) is 44.5 Å². The Morgan fingerprint density at radius 2 is 2.41 bits per heavy atom. The van der Waals surface area contributed by atoms with Gasteiger partial charge in [0.15, 0.2) is 0 Å². The van der Waals surface area contributed by atoms with Crippen molar-refractivity contribution in [2.75, 3.05) is 13.2 Å². The van der Waals surface area contributed by atoms with E-state index in [1.165, 1.54) is 9.75 Å². The molecule has 0 aromatic carbocycles. The lowest BCUT2D eigenvalue weighted by Crippen LogP contribution is -2.29. The molecule has 3 atom stereocenters. The van der Waals surface area contributed by atoms with Gasteiger partial charge in [-0.15, -0.1) is 11.3 Å². The molecule has 1 aromatic heterocycles. The lowest BCUT2D eigenvalue weighted by Gasteiger charge is -2.22. The quantitative estimate of drug-likeness (QED) is 0.879. The standard InChI is InChI=1S/C13H21NO2S/c1-9-5-6-12(17-9)13(10(2)14)16-8-11-4-3-7-15-11/h5-6,10-11,13H,3-4,7-8,14H2,1-2H3. The number of hydrogen-bond acceptors (Lipinski definition) is 4. The van der Waals surface area contributed by atoms with Crippen molar-refractivity contribution in [3.8, 4) is 0 Å². The zero-order chi connectivity index (χ0) is 12.3. The predicted molar refractivity (Wildman–Crippen MR) is 70.4 cm³/mol. The summed E-state index contributed by atoms with van der Waals surface area (Å²) < 4.78 is 11.5. The molecule has 1 fully saturated rings. The highest BCUT2D eigenvalue weighted by Crippen LogP contribution is 2.28. The first-order valence-electron chi connectivity index (χ1n) is 6.22. The molecule has 2 N–H and O–H groups in total. The van der Waals surface area contributed by atoms with Crippen LogP contribution in [0.2, 0.25) is 0 Å². The smallest absolute Gasteiger partial charge is 0.107 e. The molecule has 0 saturated carbocycles. The van der Waals surface area contributed by atoms with Crippen LogP contribution in [0.4, 0.5) is 0 Å². The first kappa shape index (κ1) is 13.0. The van der Waals surface area contributed by atoms with Crippen molar-refractivity contribution in [1.29, 1.82) is 0 Å². The summed E-state index contributed by atoms with van der Waals surface area (Å²) >= 11 is 1.76. The molecular formula is C13H21NO2S. The van der Waals surface area contributed by atoms with Crippen molar-refractivity contribution < 1.29 is 9.47 Å². The normalized spacial score (nSPS) is 23.8. The summed E-state index contributed by atoms with van der Waals surface area (Å²) in [7, 11) is 0. The average Bonchev–Trinajstić information content (AvgIpc) is 2.90. The van der Waals surface area contributed by atoms with Gasteiger partial charge in [-0.3, -0.25) is 0 Å². The van der Waals surface area contributed by atoms with Crippen LogP contribution in [0.1, 0.15) is 35.6 Å². The predicted octanol–water partition coefficient (Wildman–Crippen LogP) is 2.64. The monoisotopic (exact) mass is 255 g/mol. The first-order chi connectivity index (χ1) is 8.16. The van der Waals surface area contributed by atoms with Gasteiger partial charge < -0.3 is 15.2 Å². The summed E-state index contributed by atoms with van der Waals surface area (Å²) in [5, 5.41) is 0. The number of ether oxygens (including phenoxy) is 2. The third-order valence-electron chi connectivity index (χ3n) is 3.00. The summed E-state index contributed by atoms with van der Waals surface area (Å²) in [6.45, 7) is 5.62. The largest absolute Gasteiger partial charge is 0.376 e. The molecule has 17 heavy (non-hydrogen) atoms. The molecule has 1 aliphatic heterocycles. The molecule has 1 aliphatic rings. The fourth-order valence-corrected chi connectivity index (χ4v) is 3.13. The Balaban J connectivity index is 1.92. The van der Waals surface area contributed by atoms with E-state index in [0.29, 0.717) is 6.61 Å². The summed E-state index contributed by atoms with van der Waals surface area (Å²) in [5.74, 6) is 0. The zero-order valence-corrected chi connectivity index (χ0v) is 11.3. The van der Waals surface area contributed by atoms with E-state index >= 15 is 0 Å². The SMILES string of the molecule is Cc1ccc(C(OCC2CCCO2)C(C)N)s1. The number of rotatable bonds is 5. The molecule has 0 radical (unpaired) electrons. The van der Waals surface area contributed by atoms with Gasteiger partial charge in [-0.1, -0.05) is 0 Å². The molecule has 4 heteroatoms. The van der Waals surface area contributed by atoms with Gasteiger partial charge in [0.05, 0.1) is 12.7 Å². The van der Waals surface area contributed by atoms with Crippen molar-refractivity contribution in [3.05, 3.63) is 21.9 Å². The summed E-state index contributed by atoms with van der Waals surface area (Å²) in [6.07, 6.45) is 2.51. The van der Waals surface area contributed by atoms with Crippen molar-refractivity contribution >= 4 is 11.3 Å². The van der Waals surface area contributed by atoms with E-state index in [2.05, 4.69) is 19.1 Å². The molecule has 2 heterocycles. The number of thiophene rings is 1. The zero-order valence-electron chi connectivity index (χ0n) is 10.5. The maximum absolute atomic E-state index is 6.00. The first-order valence-corrected chi connectivity index (χ1v) is 7.03. The Bertz CT molecular complexity index is 345. The molecule has 96 valence electrons. The molecule has 1 saturated heterocycles. The summed E-state index contributed by atoms with van der Waals surface area (Å²) in [6, 6.07) is 4.24. The second kappa shape index (κ2) is 5.96. The van der Waals surface area contributed by atoms with Gasteiger partial charge >= 0.3 is 0 Å². The third-order valence-corrected chi connectivity index (χ3v) is 4.07. The highest BCUT2D eigenvalue weighted by molar-refractivity contribution is 7.12. The third kappa shape index (κ3) is 3.52. The van der Waals surface area contributed by atoms with E-state index in [1.807, 2.05) is 6.92 Å². The maximum atomic E-state index is 6.00. The second-order valence-electron chi connectivity index (χ2n) is 4.70. The van der Waals surface area contributed by atoms with E-state index in [-0.39, 0.29) is 18.2 Å². The molecular weight excluding hydrogens is 234 g/mol. The van der Waals surface area contributed by atoms with E-state index in [4.69, 9.17) is 15.2 Å². The molecule has 3 unspecified atom stereocenters. The Labute approximate surface area is 107 Å². The van der Waals surface area contributed by atoms with Crippen molar-refractivity contribution in [1.82, 2.24) is 0 Å². The molecule has 2 rings (SSSR count). The number of hydrogen-bond donors (Lipinski definition) is 1. The Kier molecular flexibility index (Phi) is 4.56. The minimum Gasteiger partial charge on any atom is -0.376 e. The van der Waals surface area contributed by atoms with Gasteiger partial charge in [0.2, 0.25) is 0 Å². The lowest BCUT2D eigenvalue weighted by molar-refractivity contribution is -0.0272. The fourth-order valence-electron chi connectivity index (χ4n) is 2.09. The Hall–Kier alpha value is -0.420. The summed E-state index contributed by atoms with van der Waals surface area (Å²) in [4.78, 5) is 2.52. The Morgan fingerprint density at radius 1 is 1.59 bits per heavy atom. The van der Waals surface area contributed by atoms with Crippen LogP contribution >= 0.6 is 11.3 Å². The van der Waals surface area contributed by atoms with Crippen LogP contribution in [-0.4, -0.2) is 25.4 Å². The van der Waals surface area contributed by atoms with Crippen molar-refractivity contribution in [2.45, 2.75) is 44.9 Å². The van der Waals surface area contributed by atoms with Crippen LogP contribution in [-0.2, 0) is 9.47 Å². The van der Waals surface area contributed by atoms with E-state index in [0.717, 1.165) is 19.4 Å². The van der Waals surface area contributed by atoms with E-state index < -0.39 is 0 Å². The average molecular weight is 255 g/mol. The van der Waals surface area contributed by atoms with Crippen LogP contribution in [0.5, 0.6) is 0 Å². The fraction of sp³-hybridized carbons (Fsp3) is 0.692. The van der Waals surface area contributed by atoms with Gasteiger partial charge in [0, 0.05) is 22.4 Å². The molecule has 0 spiro atoms. The molecule has 0 amide bonds. The maximum Gasteiger partial charge on any atom is 0.107 e.